The fourth-order valence-electron chi connectivity index (χ4n) is 5.83. The van der Waals surface area contributed by atoms with Crippen molar-refractivity contribution in [2.75, 3.05) is 45.5 Å². The number of halogens is 1. The van der Waals surface area contributed by atoms with E-state index in [2.05, 4.69) is 4.72 Å². The van der Waals surface area contributed by atoms with Gasteiger partial charge in [0.2, 0.25) is 15.9 Å². The van der Waals surface area contributed by atoms with Crippen molar-refractivity contribution >= 4 is 21.7 Å². The Morgan fingerprint density at radius 3 is 2.42 bits per heavy atom. The van der Waals surface area contributed by atoms with Crippen LogP contribution in [0.25, 0.3) is 0 Å². The number of aromatic hydroxyl groups is 1. The number of hydrogen-bond acceptors (Lipinski definition) is 6. The second-order valence-electron chi connectivity index (χ2n) is 10.4. The van der Waals surface area contributed by atoms with Gasteiger partial charge in [0.1, 0.15) is 11.6 Å². The molecule has 2 fully saturated rings. The summed E-state index contributed by atoms with van der Waals surface area (Å²) in [7, 11) is -3.40. The lowest BCUT2D eigenvalue weighted by molar-refractivity contribution is -0.139. The molecule has 2 aliphatic heterocycles. The van der Waals surface area contributed by atoms with Gasteiger partial charge < -0.3 is 14.9 Å². The minimum Gasteiger partial charge on any atom is -0.508 e. The third-order valence-electron chi connectivity index (χ3n) is 7.69. The summed E-state index contributed by atoms with van der Waals surface area (Å²) in [5.41, 5.74) is 1.36. The Kier molecular flexibility index (Phi) is 8.85. The van der Waals surface area contributed by atoms with Crippen LogP contribution in [-0.2, 0) is 14.8 Å². The van der Waals surface area contributed by atoms with Crippen LogP contribution in [0.3, 0.4) is 0 Å². The van der Waals surface area contributed by atoms with Crippen LogP contribution >= 0.6 is 0 Å². The summed E-state index contributed by atoms with van der Waals surface area (Å²) in [6, 6.07) is 10.9. The zero-order valence-corrected chi connectivity index (χ0v) is 22.7. The SMILES string of the molecule is Cc1c(F)cccc1[C@H]1[C@@H](C(=O)c2cccc(O)c2)CN(CCNS(C)(=O)=O)C[C@@H]1C(=O)N1CCCCC1. The highest BCUT2D eigenvalue weighted by molar-refractivity contribution is 7.88. The molecule has 0 bridgehead atoms. The van der Waals surface area contributed by atoms with Gasteiger partial charge in [0, 0.05) is 56.7 Å². The maximum Gasteiger partial charge on any atom is 0.227 e. The number of benzene rings is 2. The maximum atomic E-state index is 14.8. The number of piperidine rings is 2. The number of amides is 1. The van der Waals surface area contributed by atoms with Gasteiger partial charge in [-0.2, -0.15) is 0 Å². The van der Waals surface area contributed by atoms with Crippen molar-refractivity contribution in [1.82, 2.24) is 14.5 Å². The molecular weight excluding hydrogens is 509 g/mol. The number of sulfonamides is 1. The lowest BCUT2D eigenvalue weighted by atomic mass is 9.69. The number of carbonyl (C=O) groups is 2. The van der Waals surface area contributed by atoms with Gasteiger partial charge in [-0.15, -0.1) is 0 Å². The first-order valence-electron chi connectivity index (χ1n) is 13.1. The van der Waals surface area contributed by atoms with E-state index in [1.165, 1.54) is 18.2 Å². The molecule has 2 aromatic rings. The number of Topliss-reactive ketones (excluding diaryl/α,β-unsaturated/α-hetero) is 1. The highest BCUT2D eigenvalue weighted by atomic mass is 32.2. The van der Waals surface area contributed by atoms with Gasteiger partial charge in [0.05, 0.1) is 12.2 Å². The third kappa shape index (κ3) is 6.59. The molecule has 0 saturated carbocycles. The normalized spacial score (nSPS) is 22.8. The van der Waals surface area contributed by atoms with Crippen LogP contribution in [0.2, 0.25) is 0 Å². The summed E-state index contributed by atoms with van der Waals surface area (Å²) >= 11 is 0. The molecule has 2 aliphatic rings. The molecule has 4 rings (SSSR count). The van der Waals surface area contributed by atoms with E-state index < -0.39 is 33.6 Å². The number of phenols is 1. The van der Waals surface area contributed by atoms with Gasteiger partial charge in [-0.1, -0.05) is 24.3 Å². The Bertz CT molecular complexity index is 1280. The number of ketones is 1. The second-order valence-corrected chi connectivity index (χ2v) is 12.3. The van der Waals surface area contributed by atoms with Crippen LogP contribution in [0.4, 0.5) is 4.39 Å². The van der Waals surface area contributed by atoms with Crippen molar-refractivity contribution in [1.29, 1.82) is 0 Å². The highest BCUT2D eigenvalue weighted by Crippen LogP contribution is 2.42. The Balaban J connectivity index is 1.77. The number of likely N-dealkylation sites (tertiary alicyclic amines) is 2. The first-order chi connectivity index (χ1) is 18.0. The largest absolute Gasteiger partial charge is 0.508 e. The maximum absolute atomic E-state index is 14.8. The van der Waals surface area contributed by atoms with Crippen molar-refractivity contribution in [2.45, 2.75) is 32.1 Å². The van der Waals surface area contributed by atoms with Crippen LogP contribution in [0.15, 0.2) is 42.5 Å². The third-order valence-corrected chi connectivity index (χ3v) is 8.42. The average molecular weight is 546 g/mol. The second kappa shape index (κ2) is 11.9. The van der Waals surface area contributed by atoms with Crippen molar-refractivity contribution in [2.24, 2.45) is 11.8 Å². The summed E-state index contributed by atoms with van der Waals surface area (Å²) in [6.45, 7) is 4.01. The Morgan fingerprint density at radius 1 is 1.05 bits per heavy atom. The molecule has 10 heteroatoms. The molecule has 0 unspecified atom stereocenters. The molecule has 1 amide bonds. The number of rotatable bonds is 8. The molecule has 2 aromatic carbocycles. The molecule has 0 spiro atoms. The first kappa shape index (κ1) is 28.2. The van der Waals surface area contributed by atoms with E-state index >= 15 is 0 Å². The molecule has 0 aromatic heterocycles. The molecule has 3 atom stereocenters. The summed E-state index contributed by atoms with van der Waals surface area (Å²) in [6.07, 6.45) is 3.97. The smallest absolute Gasteiger partial charge is 0.227 e. The van der Waals surface area contributed by atoms with E-state index in [0.717, 1.165) is 25.5 Å². The predicted molar refractivity (Wildman–Crippen MR) is 143 cm³/mol. The van der Waals surface area contributed by atoms with Crippen LogP contribution in [0.1, 0.15) is 46.7 Å². The van der Waals surface area contributed by atoms with Crippen molar-refractivity contribution in [3.63, 3.8) is 0 Å². The number of hydrogen-bond donors (Lipinski definition) is 2. The van der Waals surface area contributed by atoms with Crippen molar-refractivity contribution < 1.29 is 27.5 Å². The van der Waals surface area contributed by atoms with Gasteiger partial charge >= 0.3 is 0 Å². The van der Waals surface area contributed by atoms with Crippen LogP contribution < -0.4 is 4.72 Å². The van der Waals surface area contributed by atoms with Crippen LogP contribution in [-0.4, -0.2) is 80.5 Å². The van der Waals surface area contributed by atoms with E-state index in [9.17, 15) is 27.5 Å². The molecule has 38 heavy (non-hydrogen) atoms. The Morgan fingerprint density at radius 2 is 1.74 bits per heavy atom. The fourth-order valence-corrected chi connectivity index (χ4v) is 6.29. The average Bonchev–Trinajstić information content (AvgIpc) is 2.89. The van der Waals surface area contributed by atoms with E-state index in [1.807, 2.05) is 9.80 Å². The highest BCUT2D eigenvalue weighted by Gasteiger charge is 2.46. The standard InChI is InChI=1S/C28H36FN3O5S/c1-19-22(10-7-11-25(19)29)26-23(27(34)20-8-6-9-21(33)16-20)17-31(15-12-30-38(2,36)37)18-24(26)28(35)32-13-4-3-5-14-32/h6-11,16,23-24,26,30,33H,3-5,12-15,17-18H2,1-2H3/t23-,24-,26-/m0/s1. The minimum absolute atomic E-state index is 0.0414. The zero-order valence-electron chi connectivity index (χ0n) is 21.9. The predicted octanol–water partition coefficient (Wildman–Crippen LogP) is 2.92. The molecule has 2 saturated heterocycles. The Hall–Kier alpha value is -2.82. The van der Waals surface area contributed by atoms with E-state index in [4.69, 9.17) is 0 Å². The first-order valence-corrected chi connectivity index (χ1v) is 15.0. The molecule has 206 valence electrons. The van der Waals surface area contributed by atoms with Crippen molar-refractivity contribution in [3.8, 4) is 5.75 Å². The van der Waals surface area contributed by atoms with Gasteiger partial charge in [-0.3, -0.25) is 9.59 Å². The topological polar surface area (TPSA) is 107 Å². The van der Waals surface area contributed by atoms with Crippen molar-refractivity contribution in [3.05, 3.63) is 65.0 Å². The lowest BCUT2D eigenvalue weighted by Gasteiger charge is -2.45. The van der Waals surface area contributed by atoms with Gasteiger partial charge in [0.15, 0.2) is 5.78 Å². The molecular formula is C28H36FN3O5S. The quantitative estimate of drug-likeness (QED) is 0.494. The monoisotopic (exact) mass is 545 g/mol. The van der Waals surface area contributed by atoms with Crippen LogP contribution in [0.5, 0.6) is 5.75 Å². The van der Waals surface area contributed by atoms with E-state index in [1.54, 1.807) is 31.2 Å². The molecule has 2 N–H and O–H groups in total. The van der Waals surface area contributed by atoms with Gasteiger partial charge in [-0.05, 0) is 55.5 Å². The van der Waals surface area contributed by atoms with Gasteiger partial charge in [0.25, 0.3) is 0 Å². The summed E-state index contributed by atoms with van der Waals surface area (Å²) in [5.74, 6) is -2.64. The minimum atomic E-state index is -3.40. The number of carbonyl (C=O) groups excluding carboxylic acids is 2. The molecule has 2 heterocycles. The lowest BCUT2D eigenvalue weighted by Crippen LogP contribution is -2.55. The number of phenolic OH excluding ortho intramolecular Hbond substituents is 1. The van der Waals surface area contributed by atoms with E-state index in [-0.39, 0.29) is 30.5 Å². The molecule has 0 aliphatic carbocycles. The summed E-state index contributed by atoms with van der Waals surface area (Å²) in [5, 5.41) is 10.0. The van der Waals surface area contributed by atoms with Gasteiger partial charge in [-0.25, -0.2) is 17.5 Å². The number of nitrogens with one attached hydrogen (secondary N) is 1. The summed E-state index contributed by atoms with van der Waals surface area (Å²) in [4.78, 5) is 31.8. The number of nitrogens with zero attached hydrogens (tertiary/aromatic N) is 2. The molecule has 0 radical (unpaired) electrons. The van der Waals surface area contributed by atoms with Crippen LogP contribution in [0, 0.1) is 24.6 Å². The molecule has 8 nitrogen and oxygen atoms in total. The van der Waals surface area contributed by atoms with E-state index in [0.29, 0.717) is 42.9 Å². The summed E-state index contributed by atoms with van der Waals surface area (Å²) < 4.78 is 40.6. The fraction of sp³-hybridized carbons (Fsp3) is 0.500. The zero-order chi connectivity index (χ0) is 27.4. The Labute approximate surface area is 223 Å².